The molecule has 1 N–H and O–H groups in total. The van der Waals surface area contributed by atoms with E-state index in [2.05, 4.69) is 21.2 Å². The number of thioether (sulfide) groups is 1. The number of carbonyl (C=O) groups is 2. The minimum Gasteiger partial charge on any atom is -0.461 e. The molecule has 0 aromatic rings. The Labute approximate surface area is 131 Å². The van der Waals surface area contributed by atoms with Gasteiger partial charge in [-0.05, 0) is 27.7 Å². The van der Waals surface area contributed by atoms with Gasteiger partial charge in [0.25, 0.3) is 0 Å². The summed E-state index contributed by atoms with van der Waals surface area (Å²) in [5.41, 5.74) is -0.290. The van der Waals surface area contributed by atoms with Crippen LogP contribution in [-0.2, 0) is 14.3 Å². The molecule has 1 rings (SSSR count). The second-order valence-electron chi connectivity index (χ2n) is 5.05. The van der Waals surface area contributed by atoms with Crippen LogP contribution in [0.4, 0.5) is 4.79 Å². The summed E-state index contributed by atoms with van der Waals surface area (Å²) in [6.07, 6.45) is -0.600. The number of amides is 1. The number of likely N-dealkylation sites (N-methyl/N-ethyl adjacent to an activating group) is 1. The average molecular weight is 367 g/mol. The summed E-state index contributed by atoms with van der Waals surface area (Å²) < 4.78 is 10.0. The zero-order valence-corrected chi connectivity index (χ0v) is 14.6. The van der Waals surface area contributed by atoms with Crippen molar-refractivity contribution in [2.24, 2.45) is 0 Å². The van der Waals surface area contributed by atoms with Crippen molar-refractivity contribution in [1.29, 1.82) is 0 Å². The van der Waals surface area contributed by atoms with Gasteiger partial charge in [-0.25, -0.2) is 9.59 Å². The van der Waals surface area contributed by atoms with Gasteiger partial charge in [0.1, 0.15) is 14.9 Å². The summed E-state index contributed by atoms with van der Waals surface area (Å²) in [5.74, 6) is -0.476. The fourth-order valence-electron chi connectivity index (χ4n) is 1.41. The summed E-state index contributed by atoms with van der Waals surface area (Å²) in [5, 5.41) is 3.01. The van der Waals surface area contributed by atoms with E-state index in [9.17, 15) is 9.59 Å². The van der Waals surface area contributed by atoms with Crippen molar-refractivity contribution in [3.63, 3.8) is 0 Å². The molecule has 8 heteroatoms. The second kappa shape index (κ2) is 6.71. The van der Waals surface area contributed by atoms with Crippen LogP contribution in [0.1, 0.15) is 27.7 Å². The van der Waals surface area contributed by atoms with E-state index in [4.69, 9.17) is 9.47 Å². The van der Waals surface area contributed by atoms with Crippen molar-refractivity contribution < 1.29 is 19.1 Å². The minimum atomic E-state index is -0.600. The van der Waals surface area contributed by atoms with Gasteiger partial charge in [-0.2, -0.15) is 0 Å². The highest BCUT2D eigenvalue weighted by atomic mass is 79.9. The standard InChI is InChI=1S/C12H19BrN2O4S/c1-6-18-9(16)7-8(20-10(13)15(7)5)14-11(17)19-12(2,3)4/h10H,6H2,1-5H3,(H,14,17). The topological polar surface area (TPSA) is 67.9 Å². The van der Waals surface area contributed by atoms with Crippen molar-refractivity contribution in [2.45, 2.75) is 37.6 Å². The van der Waals surface area contributed by atoms with Crippen molar-refractivity contribution in [3.05, 3.63) is 10.7 Å². The molecular formula is C12H19BrN2O4S. The van der Waals surface area contributed by atoms with Gasteiger partial charge in [-0.1, -0.05) is 27.7 Å². The maximum atomic E-state index is 11.9. The molecule has 1 unspecified atom stereocenters. The van der Waals surface area contributed by atoms with Crippen LogP contribution in [0.25, 0.3) is 0 Å². The summed E-state index contributed by atoms with van der Waals surface area (Å²) in [7, 11) is 1.74. The highest BCUT2D eigenvalue weighted by molar-refractivity contribution is 9.11. The first-order valence-electron chi connectivity index (χ1n) is 6.10. The predicted molar refractivity (Wildman–Crippen MR) is 81.1 cm³/mol. The molecule has 1 amide bonds. The van der Waals surface area contributed by atoms with Gasteiger partial charge in [0.15, 0.2) is 5.70 Å². The molecule has 1 aliphatic rings. The van der Waals surface area contributed by atoms with Gasteiger partial charge >= 0.3 is 12.1 Å². The molecule has 1 atom stereocenters. The number of hydrogen-bond acceptors (Lipinski definition) is 6. The molecule has 0 fully saturated rings. The Morgan fingerprint density at radius 3 is 2.55 bits per heavy atom. The smallest absolute Gasteiger partial charge is 0.412 e. The highest BCUT2D eigenvalue weighted by Gasteiger charge is 2.35. The van der Waals surface area contributed by atoms with E-state index < -0.39 is 17.7 Å². The number of alkyl halides is 1. The fourth-order valence-corrected chi connectivity index (χ4v) is 3.12. The Hall–Kier alpha value is -0.890. The minimum absolute atomic E-state index is 0.146. The number of ether oxygens (including phenoxy) is 2. The predicted octanol–water partition coefficient (Wildman–Crippen LogP) is 2.60. The molecule has 0 radical (unpaired) electrons. The third-order valence-electron chi connectivity index (χ3n) is 2.17. The molecule has 0 aromatic carbocycles. The molecule has 114 valence electrons. The van der Waals surface area contributed by atoms with Crippen molar-refractivity contribution >= 4 is 39.8 Å². The maximum absolute atomic E-state index is 11.9. The lowest BCUT2D eigenvalue weighted by molar-refractivity contribution is -0.140. The van der Waals surface area contributed by atoms with E-state index in [0.29, 0.717) is 10.7 Å². The molecular weight excluding hydrogens is 348 g/mol. The molecule has 0 saturated heterocycles. The van der Waals surface area contributed by atoms with Gasteiger partial charge < -0.3 is 14.4 Å². The van der Waals surface area contributed by atoms with Gasteiger partial charge in [-0.15, -0.1) is 0 Å². The van der Waals surface area contributed by atoms with E-state index in [0.717, 1.165) is 0 Å². The lowest BCUT2D eigenvalue weighted by Gasteiger charge is -2.20. The van der Waals surface area contributed by atoms with Gasteiger partial charge in [0.05, 0.1) is 6.61 Å². The number of hydrogen-bond donors (Lipinski definition) is 1. The monoisotopic (exact) mass is 366 g/mol. The van der Waals surface area contributed by atoms with Crippen LogP contribution in [0, 0.1) is 0 Å². The first kappa shape index (κ1) is 17.2. The second-order valence-corrected chi connectivity index (χ2v) is 7.61. The fraction of sp³-hybridized carbons (Fsp3) is 0.667. The van der Waals surface area contributed by atoms with E-state index >= 15 is 0 Å². The molecule has 0 aromatic heterocycles. The van der Waals surface area contributed by atoms with Crippen LogP contribution in [0.15, 0.2) is 10.7 Å². The Bertz CT molecular complexity index is 434. The van der Waals surface area contributed by atoms with Crippen LogP contribution in [0.3, 0.4) is 0 Å². The lowest BCUT2D eigenvalue weighted by Crippen LogP contribution is -2.32. The van der Waals surface area contributed by atoms with Crippen LogP contribution >= 0.6 is 27.7 Å². The summed E-state index contributed by atoms with van der Waals surface area (Å²) in [6, 6.07) is 0. The van der Waals surface area contributed by atoms with E-state index in [1.54, 1.807) is 39.6 Å². The number of halogens is 1. The number of nitrogens with one attached hydrogen (secondary N) is 1. The normalized spacial score (nSPS) is 19.1. The third kappa shape index (κ3) is 4.59. The Morgan fingerprint density at radius 2 is 2.05 bits per heavy atom. The quantitative estimate of drug-likeness (QED) is 0.470. The Morgan fingerprint density at radius 1 is 1.45 bits per heavy atom. The Kier molecular flexibility index (Phi) is 5.76. The molecule has 1 aliphatic heterocycles. The van der Waals surface area contributed by atoms with Gasteiger partial charge in [0, 0.05) is 7.05 Å². The van der Waals surface area contributed by atoms with Gasteiger partial charge in [0.2, 0.25) is 0 Å². The third-order valence-corrected chi connectivity index (χ3v) is 4.39. The van der Waals surface area contributed by atoms with Crippen molar-refractivity contribution in [2.75, 3.05) is 13.7 Å². The Balaban J connectivity index is 2.87. The molecule has 20 heavy (non-hydrogen) atoms. The summed E-state index contributed by atoms with van der Waals surface area (Å²) in [6.45, 7) is 7.32. The molecule has 1 heterocycles. The summed E-state index contributed by atoms with van der Waals surface area (Å²) in [4.78, 5) is 25.4. The average Bonchev–Trinajstić information content (AvgIpc) is 2.51. The first-order chi connectivity index (χ1) is 9.15. The number of rotatable bonds is 3. The lowest BCUT2D eigenvalue weighted by atomic mass is 10.2. The van der Waals surface area contributed by atoms with E-state index in [1.165, 1.54) is 11.8 Å². The van der Waals surface area contributed by atoms with E-state index in [1.807, 2.05) is 0 Å². The largest absolute Gasteiger partial charge is 0.461 e. The van der Waals surface area contributed by atoms with Gasteiger partial charge in [-0.3, -0.25) is 5.32 Å². The number of esters is 1. The van der Waals surface area contributed by atoms with Crippen molar-refractivity contribution in [1.82, 2.24) is 10.2 Å². The summed E-state index contributed by atoms with van der Waals surface area (Å²) >= 11 is 4.70. The molecule has 0 saturated carbocycles. The number of alkyl carbamates (subject to hydrolysis) is 1. The first-order valence-corrected chi connectivity index (χ1v) is 7.90. The molecule has 0 aliphatic carbocycles. The zero-order chi connectivity index (χ0) is 15.5. The number of carbonyl (C=O) groups excluding carboxylic acids is 2. The molecule has 0 bridgehead atoms. The van der Waals surface area contributed by atoms with Crippen LogP contribution in [0.5, 0.6) is 0 Å². The molecule has 6 nitrogen and oxygen atoms in total. The van der Waals surface area contributed by atoms with Crippen LogP contribution in [-0.4, -0.2) is 40.5 Å². The zero-order valence-electron chi connectivity index (χ0n) is 12.2. The maximum Gasteiger partial charge on any atom is 0.412 e. The number of nitrogens with zero attached hydrogens (tertiary/aromatic N) is 1. The molecule has 0 spiro atoms. The SMILES string of the molecule is CCOC(=O)C1=C(NC(=O)OC(C)(C)C)SC(Br)N1C. The van der Waals surface area contributed by atoms with E-state index in [-0.39, 0.29) is 10.9 Å². The van der Waals surface area contributed by atoms with Crippen LogP contribution in [0.2, 0.25) is 0 Å². The van der Waals surface area contributed by atoms with Crippen molar-refractivity contribution in [3.8, 4) is 0 Å². The van der Waals surface area contributed by atoms with Crippen LogP contribution < -0.4 is 5.32 Å². The highest BCUT2D eigenvalue weighted by Crippen LogP contribution is 2.39.